The van der Waals surface area contributed by atoms with Gasteiger partial charge in [0, 0.05) is 18.4 Å². The number of methoxy groups -OCH3 is 1. The van der Waals surface area contributed by atoms with Gasteiger partial charge in [0.15, 0.2) is 17.3 Å². The number of hydrogen-bond donors (Lipinski definition) is 1. The number of Topliss-reactive ketones (excluding diaryl/α,β-unsaturated/α-hetero) is 1. The average Bonchev–Trinajstić information content (AvgIpc) is 2.75. The van der Waals surface area contributed by atoms with E-state index in [-0.39, 0.29) is 12.2 Å². The van der Waals surface area contributed by atoms with Gasteiger partial charge in [-0.25, -0.2) is 0 Å². The van der Waals surface area contributed by atoms with Crippen LogP contribution in [0.25, 0.3) is 0 Å². The van der Waals surface area contributed by atoms with Crippen molar-refractivity contribution < 1.29 is 24.2 Å². The van der Waals surface area contributed by atoms with E-state index in [1.807, 2.05) is 6.07 Å². The number of ketones is 1. The number of allylic oxidation sites excluding steroid dienone is 1. The van der Waals surface area contributed by atoms with Crippen molar-refractivity contribution in [2.75, 3.05) is 13.7 Å². The zero-order chi connectivity index (χ0) is 22.4. The van der Waals surface area contributed by atoms with Gasteiger partial charge >= 0.3 is 5.97 Å². The smallest absolute Gasteiger partial charge is 0.310 e. The van der Waals surface area contributed by atoms with E-state index in [9.17, 15) is 14.7 Å². The zero-order valence-corrected chi connectivity index (χ0v) is 18.3. The van der Waals surface area contributed by atoms with Crippen molar-refractivity contribution in [3.63, 3.8) is 0 Å². The van der Waals surface area contributed by atoms with Gasteiger partial charge in [0.25, 0.3) is 0 Å². The maximum Gasteiger partial charge on any atom is 0.310 e. The Labute approximate surface area is 183 Å². The van der Waals surface area contributed by atoms with Gasteiger partial charge < -0.3 is 14.6 Å². The number of aryl methyl sites for hydroxylation is 1. The quantitative estimate of drug-likeness (QED) is 0.433. The fourth-order valence-corrected chi connectivity index (χ4v) is 4.07. The minimum Gasteiger partial charge on any atom is -0.493 e. The summed E-state index contributed by atoms with van der Waals surface area (Å²) in [5, 5.41) is 9.82. The van der Waals surface area contributed by atoms with E-state index < -0.39 is 11.4 Å². The van der Waals surface area contributed by atoms with Gasteiger partial charge in [-0.1, -0.05) is 42.0 Å². The molecular weight excluding hydrogens is 392 g/mol. The van der Waals surface area contributed by atoms with E-state index >= 15 is 0 Å². The molecule has 0 spiro atoms. The molecule has 0 saturated heterocycles. The fraction of sp³-hybridized carbons (Fsp3) is 0.385. The molecule has 0 bridgehead atoms. The molecule has 5 nitrogen and oxygen atoms in total. The summed E-state index contributed by atoms with van der Waals surface area (Å²) in [5.74, 6) is -0.0669. The zero-order valence-electron chi connectivity index (χ0n) is 18.3. The molecule has 164 valence electrons. The van der Waals surface area contributed by atoms with Crippen LogP contribution in [0.4, 0.5) is 0 Å². The lowest BCUT2D eigenvalue weighted by molar-refractivity contribution is -0.150. The van der Waals surface area contributed by atoms with Crippen LogP contribution in [-0.4, -0.2) is 30.6 Å². The van der Waals surface area contributed by atoms with E-state index in [1.165, 1.54) is 11.1 Å². The molecule has 0 atom stereocenters. The molecule has 0 amide bonds. The largest absolute Gasteiger partial charge is 0.493 e. The van der Waals surface area contributed by atoms with E-state index in [0.717, 1.165) is 12.0 Å². The third kappa shape index (κ3) is 5.54. The summed E-state index contributed by atoms with van der Waals surface area (Å²) in [6.07, 6.45) is 2.90. The Bertz CT molecular complexity index is 966. The molecule has 31 heavy (non-hydrogen) atoms. The van der Waals surface area contributed by atoms with Crippen molar-refractivity contribution in [2.45, 2.75) is 45.4 Å². The molecule has 0 aliphatic heterocycles. The monoisotopic (exact) mass is 422 g/mol. The Morgan fingerprint density at radius 2 is 1.84 bits per heavy atom. The number of carboxylic acids is 1. The van der Waals surface area contributed by atoms with Gasteiger partial charge in [0.2, 0.25) is 0 Å². The highest BCUT2D eigenvalue weighted by Gasteiger charge is 2.42. The summed E-state index contributed by atoms with van der Waals surface area (Å²) in [5.41, 5.74) is 2.84. The number of carboxylic acid groups (broad SMARTS) is 1. The Morgan fingerprint density at radius 3 is 2.48 bits per heavy atom. The number of hydrogen-bond acceptors (Lipinski definition) is 4. The van der Waals surface area contributed by atoms with Crippen LogP contribution in [0.1, 0.15) is 53.6 Å². The second-order valence-corrected chi connectivity index (χ2v) is 8.39. The topological polar surface area (TPSA) is 72.8 Å². The molecule has 0 unspecified atom stereocenters. The summed E-state index contributed by atoms with van der Waals surface area (Å²) in [7, 11) is 1.55. The van der Waals surface area contributed by atoms with Crippen molar-refractivity contribution in [1.82, 2.24) is 0 Å². The predicted octanol–water partition coefficient (Wildman–Crippen LogP) is 5.40. The first-order valence-corrected chi connectivity index (χ1v) is 10.6. The van der Waals surface area contributed by atoms with Gasteiger partial charge in [-0.3, -0.25) is 9.59 Å². The molecule has 2 aromatic carbocycles. The summed E-state index contributed by atoms with van der Waals surface area (Å²) in [4.78, 5) is 25.0. The fourth-order valence-electron chi connectivity index (χ4n) is 4.07. The van der Waals surface area contributed by atoms with Crippen molar-refractivity contribution in [3.8, 4) is 11.5 Å². The van der Waals surface area contributed by atoms with Crippen molar-refractivity contribution in [1.29, 1.82) is 0 Å². The van der Waals surface area contributed by atoms with Crippen LogP contribution in [0.3, 0.4) is 0 Å². The highest BCUT2D eigenvalue weighted by molar-refractivity contribution is 5.99. The molecule has 2 aromatic rings. The number of aliphatic carboxylic acids is 1. The number of benzene rings is 2. The molecule has 1 saturated carbocycles. The molecule has 3 rings (SSSR count). The predicted molar refractivity (Wildman–Crippen MR) is 120 cm³/mol. The van der Waals surface area contributed by atoms with Gasteiger partial charge in [0.1, 0.15) is 0 Å². The lowest BCUT2D eigenvalue weighted by atomic mass is 9.69. The minimum absolute atomic E-state index is 0.0231. The number of carbonyl (C=O) groups is 2. The lowest BCUT2D eigenvalue weighted by Gasteiger charge is -2.33. The van der Waals surface area contributed by atoms with Crippen LogP contribution in [-0.2, 0) is 11.2 Å². The van der Waals surface area contributed by atoms with Crippen LogP contribution < -0.4 is 9.47 Å². The van der Waals surface area contributed by atoms with Crippen molar-refractivity contribution in [3.05, 3.63) is 71.3 Å². The lowest BCUT2D eigenvalue weighted by Crippen LogP contribution is -2.36. The van der Waals surface area contributed by atoms with Gasteiger partial charge in [0.05, 0.1) is 19.1 Å². The van der Waals surface area contributed by atoms with Crippen LogP contribution in [0.5, 0.6) is 11.5 Å². The van der Waals surface area contributed by atoms with Crippen LogP contribution in [0.15, 0.2) is 54.6 Å². The Morgan fingerprint density at radius 1 is 1.10 bits per heavy atom. The summed E-state index contributed by atoms with van der Waals surface area (Å²) in [6, 6.07) is 13.3. The molecule has 1 aliphatic rings. The second kappa shape index (κ2) is 9.82. The molecule has 0 aromatic heterocycles. The third-order valence-corrected chi connectivity index (χ3v) is 6.08. The summed E-state index contributed by atoms with van der Waals surface area (Å²) < 4.78 is 11.3. The first-order chi connectivity index (χ1) is 14.8. The molecule has 0 radical (unpaired) electrons. The third-order valence-electron chi connectivity index (χ3n) is 6.08. The van der Waals surface area contributed by atoms with E-state index in [4.69, 9.17) is 9.47 Å². The molecule has 1 fully saturated rings. The standard InChI is InChI=1S/C26H30O5/c1-18-9-12-26(13-10-18,25(28)29)17-22(27)21-7-8-23(30-3)24(16-21)31-14-11-20-6-4-5-19(2)15-20/h4-8,15-16H,1,9-14,17H2,2-3H3,(H,28,29). The first kappa shape index (κ1) is 22.6. The van der Waals surface area contributed by atoms with E-state index in [0.29, 0.717) is 49.4 Å². The molecular formula is C26H30O5. The molecule has 0 heterocycles. The molecule has 1 aliphatic carbocycles. The summed E-state index contributed by atoms with van der Waals surface area (Å²) in [6.45, 7) is 6.45. The Kier molecular flexibility index (Phi) is 7.16. The molecule has 1 N–H and O–H groups in total. The van der Waals surface area contributed by atoms with Crippen molar-refractivity contribution in [2.24, 2.45) is 5.41 Å². The number of carbonyl (C=O) groups excluding carboxylic acids is 1. The van der Waals surface area contributed by atoms with Gasteiger partial charge in [-0.05, 0) is 56.4 Å². The second-order valence-electron chi connectivity index (χ2n) is 8.39. The number of ether oxygens (including phenoxy) is 2. The van der Waals surface area contributed by atoms with Gasteiger partial charge in [-0.15, -0.1) is 0 Å². The molecule has 5 heteroatoms. The maximum absolute atomic E-state index is 13.0. The average molecular weight is 423 g/mol. The maximum atomic E-state index is 13.0. The normalized spacial score (nSPS) is 15.4. The van der Waals surface area contributed by atoms with E-state index in [1.54, 1.807) is 25.3 Å². The van der Waals surface area contributed by atoms with Crippen LogP contribution in [0.2, 0.25) is 0 Å². The van der Waals surface area contributed by atoms with Gasteiger partial charge in [-0.2, -0.15) is 0 Å². The van der Waals surface area contributed by atoms with Crippen LogP contribution >= 0.6 is 0 Å². The Balaban J connectivity index is 1.72. The minimum atomic E-state index is -1.02. The first-order valence-electron chi connectivity index (χ1n) is 10.6. The summed E-state index contributed by atoms with van der Waals surface area (Å²) >= 11 is 0. The number of rotatable bonds is 9. The Hall–Kier alpha value is -3.08. The highest BCUT2D eigenvalue weighted by Crippen LogP contribution is 2.42. The highest BCUT2D eigenvalue weighted by atomic mass is 16.5. The SMILES string of the molecule is C=C1CCC(CC(=O)c2ccc(OC)c(OCCc3cccc(C)c3)c2)(C(=O)O)CC1. The van der Waals surface area contributed by atoms with Crippen LogP contribution in [0, 0.1) is 12.3 Å². The van der Waals surface area contributed by atoms with E-state index in [2.05, 4.69) is 31.7 Å². The van der Waals surface area contributed by atoms with Crippen molar-refractivity contribution >= 4 is 11.8 Å².